The molecule has 0 amide bonds. The summed E-state index contributed by atoms with van der Waals surface area (Å²) in [6.07, 6.45) is 0. The van der Waals surface area contributed by atoms with Gasteiger partial charge in [0.15, 0.2) is 0 Å². The fourth-order valence-electron chi connectivity index (χ4n) is 1.25. The lowest BCUT2D eigenvalue weighted by atomic mass is 10.3. The van der Waals surface area contributed by atoms with E-state index < -0.39 is 4.92 Å². The Balaban J connectivity index is 2.81. The molecular formula is C10H14ClN3O3. The van der Waals surface area contributed by atoms with E-state index in [-0.39, 0.29) is 22.7 Å². The smallest absolute Gasteiger partial charge is 0.311 e. The molecule has 1 aromatic rings. The molecule has 0 saturated heterocycles. The van der Waals surface area contributed by atoms with Crippen LogP contribution < -0.4 is 5.32 Å². The molecule has 7 heteroatoms. The second-order valence-corrected chi connectivity index (χ2v) is 3.85. The fraction of sp³-hybridized carbons (Fsp3) is 0.500. The average Bonchev–Trinajstić information content (AvgIpc) is 2.26. The third-order valence-corrected chi connectivity index (χ3v) is 2.20. The van der Waals surface area contributed by atoms with Gasteiger partial charge in [0.2, 0.25) is 5.82 Å². The molecule has 1 atom stereocenters. The number of aromatic nitrogens is 1. The van der Waals surface area contributed by atoms with Crippen LogP contribution in [0, 0.1) is 10.1 Å². The summed E-state index contributed by atoms with van der Waals surface area (Å²) in [5, 5.41) is 13.9. The second kappa shape index (κ2) is 6.36. The van der Waals surface area contributed by atoms with Crippen molar-refractivity contribution in [1.82, 2.24) is 4.98 Å². The van der Waals surface area contributed by atoms with Gasteiger partial charge in [-0.05, 0) is 19.9 Å². The summed E-state index contributed by atoms with van der Waals surface area (Å²) >= 11 is 5.70. The van der Waals surface area contributed by atoms with Gasteiger partial charge >= 0.3 is 5.69 Å². The first-order valence-electron chi connectivity index (χ1n) is 5.19. The standard InChI is InChI=1S/C10H14ClN3O3/c1-3-17-6-7(2)12-10-8(14(15)16)4-5-9(11)13-10/h4-5,7H,3,6H2,1-2H3,(H,12,13). The van der Waals surface area contributed by atoms with Gasteiger partial charge in [-0.15, -0.1) is 0 Å². The van der Waals surface area contributed by atoms with E-state index in [9.17, 15) is 10.1 Å². The van der Waals surface area contributed by atoms with Crippen LogP contribution >= 0.6 is 11.6 Å². The summed E-state index contributed by atoms with van der Waals surface area (Å²) in [7, 11) is 0. The number of pyridine rings is 1. The van der Waals surface area contributed by atoms with Crippen LogP contribution in [0.1, 0.15) is 13.8 Å². The summed E-state index contributed by atoms with van der Waals surface area (Å²) in [6.45, 7) is 4.77. The molecule has 1 unspecified atom stereocenters. The Morgan fingerprint density at radius 2 is 2.35 bits per heavy atom. The molecule has 94 valence electrons. The maximum Gasteiger partial charge on any atom is 0.311 e. The van der Waals surface area contributed by atoms with Gasteiger partial charge in [0.1, 0.15) is 5.15 Å². The van der Waals surface area contributed by atoms with Crippen molar-refractivity contribution in [2.75, 3.05) is 18.5 Å². The van der Waals surface area contributed by atoms with Crippen molar-refractivity contribution in [3.8, 4) is 0 Å². The maximum atomic E-state index is 10.8. The molecule has 0 aliphatic rings. The second-order valence-electron chi connectivity index (χ2n) is 3.46. The van der Waals surface area contributed by atoms with Crippen molar-refractivity contribution in [2.45, 2.75) is 19.9 Å². The molecule has 1 rings (SSSR count). The number of nitro groups is 1. The molecule has 0 aliphatic carbocycles. The van der Waals surface area contributed by atoms with E-state index in [2.05, 4.69) is 10.3 Å². The molecule has 1 N–H and O–H groups in total. The lowest BCUT2D eigenvalue weighted by Gasteiger charge is -2.14. The summed E-state index contributed by atoms with van der Waals surface area (Å²) in [5.41, 5.74) is -0.0993. The van der Waals surface area contributed by atoms with Gasteiger partial charge in [-0.2, -0.15) is 0 Å². The van der Waals surface area contributed by atoms with Crippen molar-refractivity contribution in [3.63, 3.8) is 0 Å². The Morgan fingerprint density at radius 1 is 1.65 bits per heavy atom. The van der Waals surface area contributed by atoms with Gasteiger partial charge < -0.3 is 10.1 Å². The van der Waals surface area contributed by atoms with Crippen molar-refractivity contribution in [2.24, 2.45) is 0 Å². The van der Waals surface area contributed by atoms with E-state index in [1.807, 2.05) is 13.8 Å². The number of hydrogen-bond donors (Lipinski definition) is 1. The number of nitrogens with zero attached hydrogens (tertiary/aromatic N) is 2. The molecular weight excluding hydrogens is 246 g/mol. The SMILES string of the molecule is CCOCC(C)Nc1nc(Cl)ccc1[N+](=O)[O-]. The first-order valence-corrected chi connectivity index (χ1v) is 5.57. The molecule has 0 spiro atoms. The topological polar surface area (TPSA) is 77.3 Å². The number of nitrogens with one attached hydrogen (secondary N) is 1. The minimum atomic E-state index is -0.501. The van der Waals surface area contributed by atoms with E-state index >= 15 is 0 Å². The lowest BCUT2D eigenvalue weighted by Crippen LogP contribution is -2.23. The number of anilines is 1. The van der Waals surface area contributed by atoms with Gasteiger partial charge in [-0.3, -0.25) is 10.1 Å². The highest BCUT2D eigenvalue weighted by Gasteiger charge is 2.17. The van der Waals surface area contributed by atoms with Crippen LogP contribution in [0.4, 0.5) is 11.5 Å². The molecule has 1 aromatic heterocycles. The van der Waals surface area contributed by atoms with E-state index in [1.54, 1.807) is 0 Å². The summed E-state index contributed by atoms with van der Waals surface area (Å²) < 4.78 is 5.20. The maximum absolute atomic E-state index is 10.8. The Labute approximate surface area is 104 Å². The van der Waals surface area contributed by atoms with Crippen LogP contribution in [0.2, 0.25) is 5.15 Å². The van der Waals surface area contributed by atoms with Gasteiger partial charge in [0, 0.05) is 18.7 Å². The predicted molar refractivity (Wildman–Crippen MR) is 65.5 cm³/mol. The third-order valence-electron chi connectivity index (χ3n) is 1.99. The Bertz CT molecular complexity index is 400. The molecule has 0 radical (unpaired) electrons. The zero-order valence-electron chi connectivity index (χ0n) is 9.64. The Hall–Kier alpha value is -1.40. The van der Waals surface area contributed by atoms with E-state index in [0.29, 0.717) is 13.2 Å². The number of ether oxygens (including phenoxy) is 1. The Kier molecular flexibility index (Phi) is 5.11. The van der Waals surface area contributed by atoms with Crippen molar-refractivity contribution in [1.29, 1.82) is 0 Å². The monoisotopic (exact) mass is 259 g/mol. The van der Waals surface area contributed by atoms with Gasteiger partial charge in [0.05, 0.1) is 11.5 Å². The van der Waals surface area contributed by atoms with Crippen LogP contribution in [-0.4, -0.2) is 29.2 Å². The first kappa shape index (κ1) is 13.7. The fourth-order valence-corrected chi connectivity index (χ4v) is 1.40. The molecule has 6 nitrogen and oxygen atoms in total. The highest BCUT2D eigenvalue weighted by molar-refractivity contribution is 6.29. The minimum absolute atomic E-state index is 0.0837. The number of hydrogen-bond acceptors (Lipinski definition) is 5. The number of halogens is 1. The third kappa shape index (κ3) is 4.16. The molecule has 17 heavy (non-hydrogen) atoms. The highest BCUT2D eigenvalue weighted by atomic mass is 35.5. The van der Waals surface area contributed by atoms with Crippen molar-refractivity contribution < 1.29 is 9.66 Å². The number of rotatable bonds is 6. The Morgan fingerprint density at radius 3 is 2.94 bits per heavy atom. The first-order chi connectivity index (χ1) is 8.04. The molecule has 0 aliphatic heterocycles. The normalized spacial score (nSPS) is 12.2. The molecule has 0 aromatic carbocycles. The summed E-state index contributed by atoms with van der Waals surface area (Å²) in [4.78, 5) is 14.2. The molecule has 0 saturated carbocycles. The van der Waals surface area contributed by atoms with E-state index in [1.165, 1.54) is 12.1 Å². The van der Waals surface area contributed by atoms with Crippen LogP contribution in [0.3, 0.4) is 0 Å². The minimum Gasteiger partial charge on any atom is -0.380 e. The average molecular weight is 260 g/mol. The van der Waals surface area contributed by atoms with Crippen LogP contribution in [0.5, 0.6) is 0 Å². The van der Waals surface area contributed by atoms with Gasteiger partial charge in [-0.25, -0.2) is 4.98 Å². The van der Waals surface area contributed by atoms with Crippen LogP contribution in [-0.2, 0) is 4.74 Å². The van der Waals surface area contributed by atoms with Gasteiger partial charge in [0.25, 0.3) is 0 Å². The van der Waals surface area contributed by atoms with E-state index in [4.69, 9.17) is 16.3 Å². The van der Waals surface area contributed by atoms with Gasteiger partial charge in [-0.1, -0.05) is 11.6 Å². The van der Waals surface area contributed by atoms with Crippen LogP contribution in [0.25, 0.3) is 0 Å². The quantitative estimate of drug-likeness (QED) is 0.482. The highest BCUT2D eigenvalue weighted by Crippen LogP contribution is 2.24. The molecule has 0 fully saturated rings. The zero-order chi connectivity index (χ0) is 12.8. The van der Waals surface area contributed by atoms with Crippen molar-refractivity contribution >= 4 is 23.1 Å². The summed E-state index contributed by atoms with van der Waals surface area (Å²) in [6, 6.07) is 2.63. The molecule has 1 heterocycles. The zero-order valence-corrected chi connectivity index (χ0v) is 10.4. The molecule has 0 bridgehead atoms. The summed E-state index contributed by atoms with van der Waals surface area (Å²) in [5.74, 6) is 0.162. The van der Waals surface area contributed by atoms with E-state index in [0.717, 1.165) is 0 Å². The van der Waals surface area contributed by atoms with Crippen molar-refractivity contribution in [3.05, 3.63) is 27.4 Å². The lowest BCUT2D eigenvalue weighted by molar-refractivity contribution is -0.384. The predicted octanol–water partition coefficient (Wildman–Crippen LogP) is 2.48. The van der Waals surface area contributed by atoms with Crippen LogP contribution in [0.15, 0.2) is 12.1 Å². The largest absolute Gasteiger partial charge is 0.380 e.